The molecule has 1 atom stereocenters. The van der Waals surface area contributed by atoms with Crippen LogP contribution in [0.15, 0.2) is 16.9 Å². The zero-order chi connectivity index (χ0) is 19.1. The third-order valence-electron chi connectivity index (χ3n) is 3.80. The van der Waals surface area contributed by atoms with Crippen molar-refractivity contribution in [3.63, 3.8) is 0 Å². The van der Waals surface area contributed by atoms with Crippen LogP contribution in [0.2, 0.25) is 0 Å². The molecule has 3 heterocycles. The van der Waals surface area contributed by atoms with Gasteiger partial charge in [-0.15, -0.1) is 0 Å². The Kier molecular flexibility index (Phi) is 4.89. The number of carbonyl (C=O) groups is 2. The summed E-state index contributed by atoms with van der Waals surface area (Å²) in [5.41, 5.74) is 6.06. The van der Waals surface area contributed by atoms with Gasteiger partial charge in [-0.3, -0.25) is 4.79 Å². The SMILES string of the molecule is CC(C)(C)OC(=O)N1CCOC(C(=O)c2cc(Br)c3c(N)ncnn23)C1. The lowest BCUT2D eigenvalue weighted by Gasteiger charge is -2.33. The van der Waals surface area contributed by atoms with Crippen molar-refractivity contribution < 1.29 is 19.1 Å². The van der Waals surface area contributed by atoms with Crippen LogP contribution in [0.25, 0.3) is 5.52 Å². The van der Waals surface area contributed by atoms with Gasteiger partial charge in [0.1, 0.15) is 29.2 Å². The maximum Gasteiger partial charge on any atom is 0.410 e. The Morgan fingerprint density at radius 2 is 2.15 bits per heavy atom. The molecule has 10 heteroatoms. The molecular weight excluding hydrogens is 406 g/mol. The number of Topliss-reactive ketones (excluding diaryl/α,β-unsaturated/α-hetero) is 1. The highest BCUT2D eigenvalue weighted by Crippen LogP contribution is 2.26. The molecule has 0 aliphatic carbocycles. The summed E-state index contributed by atoms with van der Waals surface area (Å²) in [6.45, 7) is 6.11. The van der Waals surface area contributed by atoms with Gasteiger partial charge in [0.15, 0.2) is 5.82 Å². The first-order valence-electron chi connectivity index (χ1n) is 8.09. The summed E-state index contributed by atoms with van der Waals surface area (Å²) in [5, 5.41) is 4.10. The Morgan fingerprint density at radius 1 is 1.42 bits per heavy atom. The van der Waals surface area contributed by atoms with E-state index in [-0.39, 0.29) is 24.8 Å². The molecule has 0 saturated carbocycles. The second-order valence-electron chi connectivity index (χ2n) is 6.93. The van der Waals surface area contributed by atoms with Crippen LogP contribution in [0, 0.1) is 0 Å². The van der Waals surface area contributed by atoms with Gasteiger partial charge >= 0.3 is 6.09 Å². The highest BCUT2D eigenvalue weighted by atomic mass is 79.9. The molecule has 1 amide bonds. The average Bonchev–Trinajstić information content (AvgIpc) is 2.91. The molecule has 0 spiro atoms. The smallest absolute Gasteiger partial charge is 0.410 e. The highest BCUT2D eigenvalue weighted by molar-refractivity contribution is 9.10. The van der Waals surface area contributed by atoms with Crippen molar-refractivity contribution in [2.75, 3.05) is 25.4 Å². The van der Waals surface area contributed by atoms with Crippen LogP contribution in [0.4, 0.5) is 10.6 Å². The van der Waals surface area contributed by atoms with Gasteiger partial charge in [0.05, 0.1) is 13.2 Å². The van der Waals surface area contributed by atoms with E-state index in [1.807, 2.05) is 0 Å². The Bertz CT molecular complexity index is 860. The lowest BCUT2D eigenvalue weighted by Crippen LogP contribution is -2.50. The van der Waals surface area contributed by atoms with Gasteiger partial charge in [-0.1, -0.05) is 0 Å². The van der Waals surface area contributed by atoms with Crippen LogP contribution in [0.5, 0.6) is 0 Å². The van der Waals surface area contributed by atoms with Crippen molar-refractivity contribution in [2.24, 2.45) is 0 Å². The third kappa shape index (κ3) is 3.65. The first kappa shape index (κ1) is 18.6. The number of morpholine rings is 1. The minimum absolute atomic E-state index is 0.110. The number of rotatable bonds is 2. The van der Waals surface area contributed by atoms with Crippen LogP contribution >= 0.6 is 15.9 Å². The van der Waals surface area contributed by atoms with Gasteiger partial charge < -0.3 is 20.1 Å². The predicted molar refractivity (Wildman–Crippen MR) is 97.0 cm³/mol. The van der Waals surface area contributed by atoms with Crippen molar-refractivity contribution in [1.82, 2.24) is 19.5 Å². The summed E-state index contributed by atoms with van der Waals surface area (Å²) >= 11 is 3.37. The average molecular weight is 426 g/mol. The molecule has 26 heavy (non-hydrogen) atoms. The Balaban J connectivity index is 1.82. The zero-order valence-corrected chi connectivity index (χ0v) is 16.3. The summed E-state index contributed by atoms with van der Waals surface area (Å²) < 4.78 is 13.0. The number of nitrogens with zero attached hydrogens (tertiary/aromatic N) is 4. The molecule has 9 nitrogen and oxygen atoms in total. The van der Waals surface area contributed by atoms with Gasteiger partial charge in [0, 0.05) is 11.0 Å². The van der Waals surface area contributed by atoms with Gasteiger partial charge in [-0.05, 0) is 42.8 Å². The number of aromatic nitrogens is 3. The van der Waals surface area contributed by atoms with E-state index >= 15 is 0 Å². The normalized spacial score (nSPS) is 18.2. The van der Waals surface area contributed by atoms with Crippen molar-refractivity contribution in [3.05, 3.63) is 22.6 Å². The number of anilines is 1. The standard InChI is InChI=1S/C16H20BrN5O4/c1-16(2,3)26-15(24)21-4-5-25-11(7-21)13(23)10-6-9(17)12-14(18)19-8-20-22(10)12/h6,8,11H,4-5,7H2,1-3H3,(H2,18,19,20). The first-order chi connectivity index (χ1) is 12.2. The molecule has 2 aromatic rings. The second-order valence-corrected chi connectivity index (χ2v) is 7.79. The van der Waals surface area contributed by atoms with E-state index in [1.165, 1.54) is 15.7 Å². The molecule has 1 aliphatic rings. The molecule has 2 N–H and O–H groups in total. The zero-order valence-electron chi connectivity index (χ0n) is 14.7. The topological polar surface area (TPSA) is 112 Å². The Morgan fingerprint density at radius 3 is 2.85 bits per heavy atom. The lowest BCUT2D eigenvalue weighted by molar-refractivity contribution is -0.0323. The fourth-order valence-electron chi connectivity index (χ4n) is 2.66. The number of fused-ring (bicyclic) bond motifs is 1. The van der Waals surface area contributed by atoms with E-state index in [0.717, 1.165) is 0 Å². The fourth-order valence-corrected chi connectivity index (χ4v) is 3.25. The maximum absolute atomic E-state index is 12.9. The minimum atomic E-state index is -0.808. The molecule has 1 aliphatic heterocycles. The Hall–Kier alpha value is -2.20. The van der Waals surface area contributed by atoms with Crippen molar-refractivity contribution >= 4 is 39.1 Å². The van der Waals surface area contributed by atoms with E-state index < -0.39 is 17.8 Å². The minimum Gasteiger partial charge on any atom is -0.444 e. The largest absolute Gasteiger partial charge is 0.444 e. The molecule has 1 fully saturated rings. The van der Waals surface area contributed by atoms with Crippen LogP contribution in [0.1, 0.15) is 31.3 Å². The number of halogens is 1. The third-order valence-corrected chi connectivity index (χ3v) is 4.40. The molecule has 3 rings (SSSR count). The summed E-state index contributed by atoms with van der Waals surface area (Å²) in [6.07, 6.45) is 0.00382. The van der Waals surface area contributed by atoms with Crippen LogP contribution in [-0.2, 0) is 9.47 Å². The lowest BCUT2D eigenvalue weighted by atomic mass is 10.1. The molecule has 2 aromatic heterocycles. The van der Waals surface area contributed by atoms with Gasteiger partial charge in [0.25, 0.3) is 0 Å². The van der Waals surface area contributed by atoms with E-state index in [9.17, 15) is 9.59 Å². The number of ketones is 1. The summed E-state index contributed by atoms with van der Waals surface area (Å²) in [6, 6.07) is 1.62. The molecule has 140 valence electrons. The number of amides is 1. The molecule has 0 radical (unpaired) electrons. The first-order valence-corrected chi connectivity index (χ1v) is 8.88. The van der Waals surface area contributed by atoms with Crippen LogP contribution in [-0.4, -0.2) is 62.8 Å². The van der Waals surface area contributed by atoms with Gasteiger partial charge in [-0.2, -0.15) is 5.10 Å². The van der Waals surface area contributed by atoms with E-state index in [4.69, 9.17) is 15.2 Å². The Labute approximate surface area is 158 Å². The predicted octanol–water partition coefficient (Wildman–Crippen LogP) is 1.89. The molecular formula is C16H20BrN5O4. The van der Waals surface area contributed by atoms with E-state index in [2.05, 4.69) is 26.0 Å². The van der Waals surface area contributed by atoms with Crippen LogP contribution < -0.4 is 5.73 Å². The quantitative estimate of drug-likeness (QED) is 0.730. The number of hydrogen-bond donors (Lipinski definition) is 1. The highest BCUT2D eigenvalue weighted by Gasteiger charge is 2.34. The number of ether oxygens (including phenoxy) is 2. The number of nitrogen functional groups attached to an aromatic ring is 1. The molecule has 0 aromatic carbocycles. The number of nitrogens with two attached hydrogens (primary N) is 1. The van der Waals surface area contributed by atoms with Crippen molar-refractivity contribution in [3.8, 4) is 0 Å². The van der Waals surface area contributed by atoms with Gasteiger partial charge in [-0.25, -0.2) is 14.3 Å². The van der Waals surface area contributed by atoms with Crippen LogP contribution in [0.3, 0.4) is 0 Å². The van der Waals surface area contributed by atoms with Crippen molar-refractivity contribution in [2.45, 2.75) is 32.5 Å². The summed E-state index contributed by atoms with van der Waals surface area (Å²) in [4.78, 5) is 30.6. The van der Waals surface area contributed by atoms with Crippen molar-refractivity contribution in [1.29, 1.82) is 0 Å². The van der Waals surface area contributed by atoms with Gasteiger partial charge in [0.2, 0.25) is 5.78 Å². The molecule has 1 saturated heterocycles. The second kappa shape index (κ2) is 6.84. The monoisotopic (exact) mass is 425 g/mol. The maximum atomic E-state index is 12.9. The summed E-state index contributed by atoms with van der Waals surface area (Å²) in [5.74, 6) is -0.0390. The number of carbonyl (C=O) groups excluding carboxylic acids is 2. The molecule has 0 bridgehead atoms. The van der Waals surface area contributed by atoms with E-state index in [0.29, 0.717) is 22.2 Å². The molecule has 1 unspecified atom stereocenters. The number of hydrogen-bond acceptors (Lipinski definition) is 7. The summed E-state index contributed by atoms with van der Waals surface area (Å²) in [7, 11) is 0. The van der Waals surface area contributed by atoms with E-state index in [1.54, 1.807) is 26.8 Å². The fraction of sp³-hybridized carbons (Fsp3) is 0.500.